The molecule has 0 aliphatic carbocycles. The molecule has 0 saturated carbocycles. The number of nitrogens with one attached hydrogen (secondary N) is 1. The van der Waals surface area contributed by atoms with Crippen molar-refractivity contribution in [1.29, 1.82) is 0 Å². The number of amides is 1. The molecule has 1 amide bonds. The number of anilines is 2. The van der Waals surface area contributed by atoms with Crippen molar-refractivity contribution in [3.8, 4) is 0 Å². The fourth-order valence-electron chi connectivity index (χ4n) is 3.89. The Morgan fingerprint density at radius 2 is 2.12 bits per heavy atom. The standard InChI is InChI=1S/C17H22N6OS/c1-13(24)21-16-20-8-14(25-16)10-22-6-2-17(11-22)3-7-23(12-17)15-9-18-4-5-19-15/h4-5,8-9H,2-3,6-7,10-12H2,1H3,(H,20,21,24). The van der Waals surface area contributed by atoms with Crippen LogP contribution in [0.5, 0.6) is 0 Å². The van der Waals surface area contributed by atoms with Gasteiger partial charge in [0.2, 0.25) is 5.91 Å². The van der Waals surface area contributed by atoms with E-state index in [1.807, 2.05) is 12.4 Å². The summed E-state index contributed by atoms with van der Waals surface area (Å²) in [5.41, 5.74) is 0.364. The fourth-order valence-corrected chi connectivity index (χ4v) is 4.79. The Morgan fingerprint density at radius 3 is 2.92 bits per heavy atom. The first-order chi connectivity index (χ1) is 12.1. The van der Waals surface area contributed by atoms with Crippen molar-refractivity contribution in [3.63, 3.8) is 0 Å². The van der Waals surface area contributed by atoms with Crippen LogP contribution in [0.25, 0.3) is 0 Å². The largest absolute Gasteiger partial charge is 0.355 e. The highest BCUT2D eigenvalue weighted by molar-refractivity contribution is 7.15. The number of thiazole rings is 1. The van der Waals surface area contributed by atoms with E-state index in [1.165, 1.54) is 24.6 Å². The Balaban J connectivity index is 1.35. The van der Waals surface area contributed by atoms with Crippen LogP contribution in [0.4, 0.5) is 10.9 Å². The fraction of sp³-hybridized carbons (Fsp3) is 0.529. The molecule has 1 unspecified atom stereocenters. The van der Waals surface area contributed by atoms with Crippen molar-refractivity contribution in [1.82, 2.24) is 19.9 Å². The van der Waals surface area contributed by atoms with Crippen molar-refractivity contribution in [2.75, 3.05) is 36.4 Å². The number of aromatic nitrogens is 3. The molecule has 132 valence electrons. The predicted octanol–water partition coefficient (Wildman–Crippen LogP) is 1.99. The zero-order valence-corrected chi connectivity index (χ0v) is 15.1. The van der Waals surface area contributed by atoms with E-state index in [2.05, 4.69) is 30.1 Å². The van der Waals surface area contributed by atoms with Gasteiger partial charge >= 0.3 is 0 Å². The molecule has 1 atom stereocenters. The van der Waals surface area contributed by atoms with Crippen LogP contribution in [0.3, 0.4) is 0 Å². The maximum atomic E-state index is 11.1. The summed E-state index contributed by atoms with van der Waals surface area (Å²) in [5.74, 6) is 0.913. The smallest absolute Gasteiger partial charge is 0.223 e. The SMILES string of the molecule is CC(=O)Nc1ncc(CN2CCC3(CCN(c4cnccn4)C3)C2)s1. The molecule has 2 saturated heterocycles. The second-order valence-electron chi connectivity index (χ2n) is 7.01. The summed E-state index contributed by atoms with van der Waals surface area (Å²) >= 11 is 1.56. The monoisotopic (exact) mass is 358 g/mol. The Hall–Kier alpha value is -2.06. The van der Waals surface area contributed by atoms with Gasteiger partial charge in [-0.05, 0) is 19.4 Å². The quantitative estimate of drug-likeness (QED) is 0.901. The molecular formula is C17H22N6OS. The minimum Gasteiger partial charge on any atom is -0.355 e. The second kappa shape index (κ2) is 6.68. The minimum atomic E-state index is -0.0731. The van der Waals surface area contributed by atoms with E-state index in [-0.39, 0.29) is 5.91 Å². The Morgan fingerprint density at radius 1 is 1.24 bits per heavy atom. The van der Waals surface area contributed by atoms with Crippen molar-refractivity contribution >= 4 is 28.2 Å². The summed E-state index contributed by atoms with van der Waals surface area (Å²) in [6.07, 6.45) is 9.64. The van der Waals surface area contributed by atoms with E-state index in [1.54, 1.807) is 23.7 Å². The molecule has 2 aromatic heterocycles. The Kier molecular flexibility index (Phi) is 4.39. The molecule has 25 heavy (non-hydrogen) atoms. The van der Waals surface area contributed by atoms with Gasteiger partial charge in [0.1, 0.15) is 5.82 Å². The van der Waals surface area contributed by atoms with Crippen molar-refractivity contribution in [3.05, 3.63) is 29.7 Å². The second-order valence-corrected chi connectivity index (χ2v) is 8.12. The van der Waals surface area contributed by atoms with Crippen LogP contribution >= 0.6 is 11.3 Å². The van der Waals surface area contributed by atoms with E-state index >= 15 is 0 Å². The zero-order valence-electron chi connectivity index (χ0n) is 14.3. The first kappa shape index (κ1) is 16.4. The summed E-state index contributed by atoms with van der Waals surface area (Å²) in [6, 6.07) is 0. The molecule has 2 aliphatic rings. The number of hydrogen-bond acceptors (Lipinski definition) is 7. The first-order valence-electron chi connectivity index (χ1n) is 8.58. The average molecular weight is 358 g/mol. The van der Waals surface area contributed by atoms with Crippen molar-refractivity contribution in [2.45, 2.75) is 26.3 Å². The van der Waals surface area contributed by atoms with Gasteiger partial charge in [-0.25, -0.2) is 9.97 Å². The van der Waals surface area contributed by atoms with Crippen LogP contribution in [-0.4, -0.2) is 51.9 Å². The molecule has 4 rings (SSSR count). The zero-order chi connectivity index (χ0) is 17.3. The Labute approximate surface area is 151 Å². The molecule has 0 aromatic carbocycles. The number of rotatable bonds is 4. The van der Waals surface area contributed by atoms with Gasteiger partial charge in [0.05, 0.1) is 6.20 Å². The van der Waals surface area contributed by atoms with E-state index < -0.39 is 0 Å². The van der Waals surface area contributed by atoms with E-state index in [4.69, 9.17) is 0 Å². The van der Waals surface area contributed by atoms with Gasteiger partial charge in [0, 0.05) is 62.0 Å². The number of carbonyl (C=O) groups is 1. The van der Waals surface area contributed by atoms with Crippen molar-refractivity contribution in [2.24, 2.45) is 5.41 Å². The topological polar surface area (TPSA) is 74.2 Å². The number of likely N-dealkylation sites (tertiary alicyclic amines) is 1. The molecule has 1 spiro atoms. The maximum absolute atomic E-state index is 11.1. The molecule has 2 fully saturated rings. The third-order valence-corrected chi connectivity index (χ3v) is 5.94. The lowest BCUT2D eigenvalue weighted by atomic mass is 9.86. The molecule has 0 radical (unpaired) electrons. The van der Waals surface area contributed by atoms with E-state index in [0.717, 1.165) is 38.5 Å². The maximum Gasteiger partial charge on any atom is 0.223 e. The van der Waals surface area contributed by atoms with Gasteiger partial charge in [0.15, 0.2) is 5.13 Å². The molecule has 8 heteroatoms. The van der Waals surface area contributed by atoms with Crippen LogP contribution in [0.2, 0.25) is 0 Å². The third-order valence-electron chi connectivity index (χ3n) is 5.05. The first-order valence-corrected chi connectivity index (χ1v) is 9.39. The van der Waals surface area contributed by atoms with Crippen LogP contribution in [-0.2, 0) is 11.3 Å². The van der Waals surface area contributed by atoms with Gasteiger partial charge in [-0.2, -0.15) is 0 Å². The number of carbonyl (C=O) groups excluding carboxylic acids is 1. The normalized spacial score (nSPS) is 23.5. The summed E-state index contributed by atoms with van der Waals surface area (Å²) in [4.78, 5) is 30.1. The Bertz CT molecular complexity index is 751. The molecule has 4 heterocycles. The lowest BCUT2D eigenvalue weighted by Gasteiger charge is -2.24. The highest BCUT2D eigenvalue weighted by Crippen LogP contribution is 2.41. The predicted molar refractivity (Wildman–Crippen MR) is 97.6 cm³/mol. The van der Waals surface area contributed by atoms with Gasteiger partial charge in [0.25, 0.3) is 0 Å². The van der Waals surface area contributed by atoms with Gasteiger partial charge < -0.3 is 10.2 Å². The van der Waals surface area contributed by atoms with Gasteiger partial charge in [-0.3, -0.25) is 14.7 Å². The third kappa shape index (κ3) is 3.64. The molecule has 1 N–H and O–H groups in total. The highest BCUT2D eigenvalue weighted by atomic mass is 32.1. The summed E-state index contributed by atoms with van der Waals surface area (Å²) in [7, 11) is 0. The van der Waals surface area contributed by atoms with Crippen molar-refractivity contribution < 1.29 is 4.79 Å². The summed E-state index contributed by atoms with van der Waals surface area (Å²) < 4.78 is 0. The molecular weight excluding hydrogens is 336 g/mol. The van der Waals surface area contributed by atoms with Gasteiger partial charge in [-0.15, -0.1) is 11.3 Å². The average Bonchev–Trinajstić information content (AvgIpc) is 3.31. The van der Waals surface area contributed by atoms with Gasteiger partial charge in [-0.1, -0.05) is 0 Å². The van der Waals surface area contributed by atoms with Crippen LogP contribution in [0.1, 0.15) is 24.6 Å². The molecule has 0 bridgehead atoms. The minimum absolute atomic E-state index is 0.0731. The number of hydrogen-bond donors (Lipinski definition) is 1. The molecule has 7 nitrogen and oxygen atoms in total. The van der Waals surface area contributed by atoms with E-state index in [0.29, 0.717) is 10.5 Å². The van der Waals surface area contributed by atoms with Crippen LogP contribution < -0.4 is 10.2 Å². The number of nitrogens with zero attached hydrogens (tertiary/aromatic N) is 5. The molecule has 2 aliphatic heterocycles. The van der Waals surface area contributed by atoms with Crippen LogP contribution in [0.15, 0.2) is 24.8 Å². The van der Waals surface area contributed by atoms with Crippen LogP contribution in [0, 0.1) is 5.41 Å². The van der Waals surface area contributed by atoms with E-state index in [9.17, 15) is 4.79 Å². The lowest BCUT2D eigenvalue weighted by Crippen LogP contribution is -2.31. The molecule has 2 aromatic rings. The lowest BCUT2D eigenvalue weighted by molar-refractivity contribution is -0.114. The highest BCUT2D eigenvalue weighted by Gasteiger charge is 2.43. The summed E-state index contributed by atoms with van der Waals surface area (Å²) in [6.45, 7) is 6.75. The summed E-state index contributed by atoms with van der Waals surface area (Å²) in [5, 5.41) is 3.44.